The molecule has 1 fully saturated rings. The Morgan fingerprint density at radius 2 is 2.06 bits per heavy atom. The second kappa shape index (κ2) is 9.99. The fourth-order valence-corrected chi connectivity index (χ4v) is 5.11. The number of aromatic nitrogens is 3. The van der Waals surface area contributed by atoms with Crippen LogP contribution in [0.4, 0.5) is 10.3 Å². The zero-order valence-corrected chi connectivity index (χ0v) is 18.7. The summed E-state index contributed by atoms with van der Waals surface area (Å²) >= 11 is 5.00. The first-order valence-electron chi connectivity index (χ1n) is 10.2. The highest BCUT2D eigenvalue weighted by Crippen LogP contribution is 2.24. The number of rotatable bonds is 6. The summed E-state index contributed by atoms with van der Waals surface area (Å²) in [4.78, 5) is 21.6. The first-order valence-corrected chi connectivity index (χ1v) is 12.0. The van der Waals surface area contributed by atoms with Crippen molar-refractivity contribution in [3.63, 3.8) is 0 Å². The fourth-order valence-electron chi connectivity index (χ4n) is 3.69. The van der Waals surface area contributed by atoms with Crippen LogP contribution in [0.1, 0.15) is 24.4 Å². The molecule has 7 nitrogen and oxygen atoms in total. The largest absolute Gasteiger partial charge is 0.616 e. The molecule has 1 saturated heterocycles. The van der Waals surface area contributed by atoms with E-state index in [4.69, 9.17) is 11.6 Å². The van der Waals surface area contributed by atoms with Crippen LogP contribution in [0.2, 0.25) is 5.02 Å². The lowest BCUT2D eigenvalue weighted by Crippen LogP contribution is -2.32. The van der Waals surface area contributed by atoms with Crippen LogP contribution >= 0.6 is 11.6 Å². The number of anilines is 1. The minimum absolute atomic E-state index is 0.0252. The van der Waals surface area contributed by atoms with E-state index >= 15 is 0 Å². The van der Waals surface area contributed by atoms with Crippen LogP contribution in [0.15, 0.2) is 53.6 Å². The summed E-state index contributed by atoms with van der Waals surface area (Å²) in [5.74, 6) is 1.17. The van der Waals surface area contributed by atoms with Crippen molar-refractivity contribution in [3.05, 3.63) is 75.5 Å². The van der Waals surface area contributed by atoms with Crippen molar-refractivity contribution in [1.29, 1.82) is 0 Å². The van der Waals surface area contributed by atoms with Gasteiger partial charge in [-0.15, -0.1) is 0 Å². The molecule has 10 heteroatoms. The standard InChI is InChI=1S/C22H22ClFN4O3S/c23-17-2-1-15(11-18(17)24)20(13-29)28-8-4-14(12-21(28)30)19-3-7-25-22(27-19)26-16-5-9-32(31)10-6-16/h1-4,7-8,11-12,16,20,29H,5-6,9-10,13H2,(H,25,26,27). The first-order chi connectivity index (χ1) is 15.4. The number of pyridine rings is 1. The molecule has 0 bridgehead atoms. The van der Waals surface area contributed by atoms with Crippen molar-refractivity contribution >= 4 is 28.7 Å². The van der Waals surface area contributed by atoms with Gasteiger partial charge in [0.2, 0.25) is 5.95 Å². The molecule has 32 heavy (non-hydrogen) atoms. The summed E-state index contributed by atoms with van der Waals surface area (Å²) in [5, 5.41) is 13.1. The number of hydrogen-bond donors (Lipinski definition) is 2. The lowest BCUT2D eigenvalue weighted by molar-refractivity contribution is 0.247. The van der Waals surface area contributed by atoms with Crippen LogP contribution in [0.5, 0.6) is 0 Å². The molecule has 4 rings (SSSR count). The van der Waals surface area contributed by atoms with E-state index in [0.717, 1.165) is 12.8 Å². The fraction of sp³-hybridized carbons (Fsp3) is 0.318. The van der Waals surface area contributed by atoms with Gasteiger partial charge in [-0.1, -0.05) is 28.8 Å². The number of nitrogens with zero attached hydrogens (tertiary/aromatic N) is 3. The molecule has 1 aliphatic rings. The van der Waals surface area contributed by atoms with E-state index in [9.17, 15) is 18.8 Å². The molecule has 1 aliphatic heterocycles. The van der Waals surface area contributed by atoms with E-state index in [-0.39, 0.29) is 23.2 Å². The summed E-state index contributed by atoms with van der Waals surface area (Å²) in [7, 11) is 0. The van der Waals surface area contributed by atoms with Gasteiger partial charge in [-0.3, -0.25) is 4.79 Å². The summed E-state index contributed by atoms with van der Waals surface area (Å²) in [5.41, 5.74) is 1.25. The normalized spacial score (nSPS) is 19.5. The van der Waals surface area contributed by atoms with Gasteiger partial charge < -0.3 is 19.5 Å². The van der Waals surface area contributed by atoms with Gasteiger partial charge in [-0.05, 0) is 29.8 Å². The minimum atomic E-state index is -0.747. The monoisotopic (exact) mass is 476 g/mol. The molecule has 2 N–H and O–H groups in total. The maximum atomic E-state index is 13.9. The van der Waals surface area contributed by atoms with Gasteiger partial charge in [0, 0.05) is 42.9 Å². The predicted molar refractivity (Wildman–Crippen MR) is 123 cm³/mol. The highest BCUT2D eigenvalue weighted by atomic mass is 35.5. The average molecular weight is 477 g/mol. The Kier molecular flexibility index (Phi) is 7.10. The third-order valence-electron chi connectivity index (χ3n) is 5.46. The second-order valence-electron chi connectivity index (χ2n) is 7.57. The molecular formula is C22H22ClFN4O3S. The molecule has 2 aromatic heterocycles. The molecular weight excluding hydrogens is 455 g/mol. The number of aliphatic hydroxyl groups excluding tert-OH is 1. The number of aliphatic hydroxyl groups is 1. The van der Waals surface area contributed by atoms with E-state index in [1.54, 1.807) is 30.6 Å². The Hall–Kier alpha value is -2.46. The molecule has 168 valence electrons. The summed E-state index contributed by atoms with van der Waals surface area (Å²) in [6.07, 6.45) is 4.76. The van der Waals surface area contributed by atoms with Gasteiger partial charge >= 0.3 is 0 Å². The van der Waals surface area contributed by atoms with Crippen molar-refractivity contribution in [3.8, 4) is 11.3 Å². The molecule has 0 aliphatic carbocycles. The van der Waals surface area contributed by atoms with Crippen LogP contribution in [0.3, 0.4) is 0 Å². The van der Waals surface area contributed by atoms with Crippen molar-refractivity contribution in [2.24, 2.45) is 0 Å². The van der Waals surface area contributed by atoms with Gasteiger partial charge in [0.05, 0.1) is 23.4 Å². The highest BCUT2D eigenvalue weighted by molar-refractivity contribution is 7.91. The third kappa shape index (κ3) is 5.12. The quantitative estimate of drug-likeness (QED) is 0.530. The maximum absolute atomic E-state index is 13.9. The van der Waals surface area contributed by atoms with Crippen LogP contribution < -0.4 is 10.9 Å². The number of nitrogens with one attached hydrogen (secondary N) is 1. The number of benzene rings is 1. The predicted octanol–water partition coefficient (Wildman–Crippen LogP) is 3.00. The van der Waals surface area contributed by atoms with Crippen molar-refractivity contribution < 1.29 is 14.0 Å². The third-order valence-corrected chi connectivity index (χ3v) is 7.15. The Morgan fingerprint density at radius 3 is 2.75 bits per heavy atom. The second-order valence-corrected chi connectivity index (χ2v) is 9.67. The van der Waals surface area contributed by atoms with Crippen LogP contribution in [0, 0.1) is 5.82 Å². The SMILES string of the molecule is O=c1cc(-c2ccnc(NC3CC[S+]([O-])CC3)n2)ccn1C(CO)c1ccc(Cl)c(F)c1. The Balaban J connectivity index is 1.56. The number of halogens is 2. The lowest BCUT2D eigenvalue weighted by atomic mass is 10.1. The van der Waals surface area contributed by atoms with E-state index in [2.05, 4.69) is 15.3 Å². The van der Waals surface area contributed by atoms with Crippen LogP contribution in [-0.4, -0.2) is 48.3 Å². The van der Waals surface area contributed by atoms with E-state index in [1.165, 1.54) is 22.8 Å². The maximum Gasteiger partial charge on any atom is 0.251 e. The molecule has 1 atom stereocenters. The zero-order valence-electron chi connectivity index (χ0n) is 17.1. The van der Waals surface area contributed by atoms with Gasteiger partial charge in [-0.25, -0.2) is 14.4 Å². The Morgan fingerprint density at radius 1 is 1.28 bits per heavy atom. The molecule has 1 aromatic carbocycles. The van der Waals surface area contributed by atoms with E-state index in [0.29, 0.717) is 34.3 Å². The van der Waals surface area contributed by atoms with Crippen LogP contribution in [0.25, 0.3) is 11.3 Å². The van der Waals surface area contributed by atoms with Crippen LogP contribution in [-0.2, 0) is 11.2 Å². The lowest BCUT2D eigenvalue weighted by Gasteiger charge is -2.25. The molecule has 3 heterocycles. The minimum Gasteiger partial charge on any atom is -0.616 e. The van der Waals surface area contributed by atoms with E-state index < -0.39 is 23.0 Å². The van der Waals surface area contributed by atoms with Gasteiger partial charge in [0.15, 0.2) is 0 Å². The van der Waals surface area contributed by atoms with Crippen molar-refractivity contribution in [2.45, 2.75) is 24.9 Å². The van der Waals surface area contributed by atoms with Gasteiger partial charge in [0.25, 0.3) is 5.56 Å². The molecule has 0 amide bonds. The zero-order chi connectivity index (χ0) is 22.7. The molecule has 1 unspecified atom stereocenters. The summed E-state index contributed by atoms with van der Waals surface area (Å²) in [6.45, 7) is -0.381. The van der Waals surface area contributed by atoms with Crippen molar-refractivity contribution in [1.82, 2.24) is 14.5 Å². The molecule has 0 radical (unpaired) electrons. The Bertz CT molecular complexity index is 1150. The smallest absolute Gasteiger partial charge is 0.251 e. The molecule has 3 aromatic rings. The average Bonchev–Trinajstić information content (AvgIpc) is 2.79. The van der Waals surface area contributed by atoms with E-state index in [1.807, 2.05) is 0 Å². The highest BCUT2D eigenvalue weighted by Gasteiger charge is 2.22. The first kappa shape index (κ1) is 22.7. The van der Waals surface area contributed by atoms with Crippen molar-refractivity contribution in [2.75, 3.05) is 23.4 Å². The van der Waals surface area contributed by atoms with Gasteiger partial charge in [-0.2, -0.15) is 0 Å². The molecule has 0 spiro atoms. The summed E-state index contributed by atoms with van der Waals surface area (Å²) < 4.78 is 26.7. The summed E-state index contributed by atoms with van der Waals surface area (Å²) in [6, 6.07) is 8.45. The topological polar surface area (TPSA) is 103 Å². The number of hydrogen-bond acceptors (Lipinski definition) is 6. The Labute approximate surface area is 192 Å². The molecule has 0 saturated carbocycles. The van der Waals surface area contributed by atoms with Gasteiger partial charge in [0.1, 0.15) is 17.3 Å².